The normalized spacial score (nSPS) is 34.6. The Morgan fingerprint density at radius 2 is 1.88 bits per heavy atom. The summed E-state index contributed by atoms with van der Waals surface area (Å²) in [4.78, 5) is 21.5. The molecule has 0 unspecified atom stereocenters. The molecule has 2 bridgehead atoms. The Morgan fingerprint density at radius 1 is 1.00 bits per heavy atom. The van der Waals surface area contributed by atoms with Gasteiger partial charge in [0.05, 0.1) is 17.5 Å². The lowest BCUT2D eigenvalue weighted by atomic mass is 9.65. The summed E-state index contributed by atoms with van der Waals surface area (Å²) in [6, 6.07) is 12.4. The van der Waals surface area contributed by atoms with Gasteiger partial charge in [-0.25, -0.2) is 13.1 Å². The van der Waals surface area contributed by atoms with E-state index in [1.165, 1.54) is 24.0 Å². The molecule has 9 nitrogen and oxygen atoms in total. The topological polar surface area (TPSA) is 94.2 Å². The fourth-order valence-electron chi connectivity index (χ4n) is 10.4. The molecule has 7 atom stereocenters. The van der Waals surface area contributed by atoms with Gasteiger partial charge in [-0.3, -0.25) is 9.69 Å². The minimum Gasteiger partial charge on any atom is -0.490 e. The van der Waals surface area contributed by atoms with Crippen molar-refractivity contribution in [2.24, 2.45) is 23.7 Å². The number of anilines is 1. The van der Waals surface area contributed by atoms with Crippen molar-refractivity contribution in [2.45, 2.75) is 81.9 Å². The van der Waals surface area contributed by atoms with Crippen LogP contribution in [0.15, 0.2) is 36.4 Å². The number of halogens is 1. The minimum absolute atomic E-state index is 0.0571. The number of rotatable bonds is 2. The molecule has 11 heteroatoms. The SMILES string of the molecule is C[C@@H]1[C@@H](C)CCC[C@@H](CN2CCN3CCNC[C@H]3C2)[C@@H]2CC[C@H]2CN2C[C@@]3(CCCc4cc(Cl)ccc43)COc3ccc(cc32)C(=O)NS1(=O)=O. The van der Waals surface area contributed by atoms with Crippen LogP contribution < -0.4 is 19.7 Å². The van der Waals surface area contributed by atoms with Crippen LogP contribution in [-0.4, -0.2) is 101 Å². The maximum Gasteiger partial charge on any atom is 0.264 e. The zero-order chi connectivity index (χ0) is 35.3. The van der Waals surface area contributed by atoms with Gasteiger partial charge in [0.2, 0.25) is 10.0 Å². The zero-order valence-corrected chi connectivity index (χ0v) is 32.0. The quantitative estimate of drug-likeness (QED) is 0.429. The standard InChI is InChI=1S/C40H56ClN5O4S/c1-27-5-3-6-31(22-44-17-18-45-16-15-42-21-34(45)24-44)35-11-8-32(35)23-46-25-40(14-4-7-29-19-33(41)10-12-36(29)40)26-50-38-13-9-30(20-37(38)46)39(47)43-51(48,49)28(27)2/h9-10,12-13,19-20,27-28,31-32,34-35,42H,3-8,11,14-18,21-26H2,1-2H3,(H,43,47)/t27-,28+,31-,32-,34-,35-,40-/m0/s1. The molecule has 1 spiro atoms. The van der Waals surface area contributed by atoms with Gasteiger partial charge in [0.1, 0.15) is 5.75 Å². The molecule has 0 radical (unpaired) electrons. The third kappa shape index (κ3) is 7.17. The minimum atomic E-state index is -3.87. The highest BCUT2D eigenvalue weighted by Gasteiger charge is 2.45. The number of piperazine rings is 2. The Labute approximate surface area is 309 Å². The van der Waals surface area contributed by atoms with E-state index in [4.69, 9.17) is 16.3 Å². The summed E-state index contributed by atoms with van der Waals surface area (Å²) >= 11 is 6.50. The molecule has 1 saturated carbocycles. The molecule has 3 fully saturated rings. The Bertz CT molecular complexity index is 1720. The monoisotopic (exact) mass is 737 g/mol. The van der Waals surface area contributed by atoms with Crippen molar-refractivity contribution in [2.75, 3.05) is 70.4 Å². The molecule has 4 heterocycles. The van der Waals surface area contributed by atoms with Crippen molar-refractivity contribution < 1.29 is 17.9 Å². The van der Waals surface area contributed by atoms with Gasteiger partial charge in [-0.05, 0) is 117 Å². The van der Waals surface area contributed by atoms with Crippen molar-refractivity contribution in [3.63, 3.8) is 0 Å². The van der Waals surface area contributed by atoms with E-state index in [2.05, 4.69) is 36.9 Å². The third-order valence-electron chi connectivity index (χ3n) is 13.7. The van der Waals surface area contributed by atoms with Crippen molar-refractivity contribution in [1.82, 2.24) is 19.8 Å². The second kappa shape index (κ2) is 14.5. The number of aryl methyl sites for hydroxylation is 1. The van der Waals surface area contributed by atoms with Crippen molar-refractivity contribution in [1.29, 1.82) is 0 Å². The van der Waals surface area contributed by atoms with E-state index in [0.29, 0.717) is 36.0 Å². The average molecular weight is 738 g/mol. The summed E-state index contributed by atoms with van der Waals surface area (Å²) in [7, 11) is -3.87. The highest BCUT2D eigenvalue weighted by molar-refractivity contribution is 7.90. The Morgan fingerprint density at radius 3 is 2.73 bits per heavy atom. The molecule has 2 aromatic carbocycles. The first-order valence-electron chi connectivity index (χ1n) is 19.6. The smallest absolute Gasteiger partial charge is 0.264 e. The highest BCUT2D eigenvalue weighted by atomic mass is 35.5. The van der Waals surface area contributed by atoms with Crippen LogP contribution in [0.3, 0.4) is 0 Å². The van der Waals surface area contributed by atoms with E-state index in [9.17, 15) is 13.2 Å². The van der Waals surface area contributed by atoms with Crippen molar-refractivity contribution in [3.8, 4) is 5.75 Å². The molecular weight excluding hydrogens is 682 g/mol. The fraction of sp³-hybridized carbons (Fsp3) is 0.675. The number of nitrogens with zero attached hydrogens (tertiary/aromatic N) is 3. The molecule has 2 N–H and O–H groups in total. The van der Waals surface area contributed by atoms with Crippen LogP contribution in [0.2, 0.25) is 5.02 Å². The van der Waals surface area contributed by atoms with Gasteiger partial charge in [-0.15, -0.1) is 0 Å². The molecule has 8 rings (SSSR count). The van der Waals surface area contributed by atoms with E-state index < -0.39 is 21.2 Å². The first-order valence-corrected chi connectivity index (χ1v) is 21.5. The summed E-state index contributed by atoms with van der Waals surface area (Å²) in [5.74, 6) is 1.87. The molecule has 51 heavy (non-hydrogen) atoms. The number of ether oxygens (including phenoxy) is 1. The van der Waals surface area contributed by atoms with Crippen LogP contribution in [0.25, 0.3) is 0 Å². The molecule has 1 amide bonds. The number of carbonyl (C=O) groups is 1. The largest absolute Gasteiger partial charge is 0.490 e. The number of carbonyl (C=O) groups excluding carboxylic acids is 1. The van der Waals surface area contributed by atoms with Crippen LogP contribution in [-0.2, 0) is 21.9 Å². The Balaban J connectivity index is 1.14. The van der Waals surface area contributed by atoms with E-state index in [1.54, 1.807) is 13.0 Å². The number of amides is 1. The number of hydrogen-bond acceptors (Lipinski definition) is 8. The van der Waals surface area contributed by atoms with Crippen molar-refractivity contribution in [3.05, 3.63) is 58.1 Å². The van der Waals surface area contributed by atoms with Crippen LogP contribution in [0, 0.1) is 23.7 Å². The molecule has 4 aliphatic heterocycles. The first-order chi connectivity index (χ1) is 24.6. The highest BCUT2D eigenvalue weighted by Crippen LogP contribution is 2.48. The summed E-state index contributed by atoms with van der Waals surface area (Å²) in [6.45, 7) is 13.8. The van der Waals surface area contributed by atoms with E-state index >= 15 is 0 Å². The summed E-state index contributed by atoms with van der Waals surface area (Å²) in [5.41, 5.74) is 3.67. The lowest BCUT2D eigenvalue weighted by molar-refractivity contribution is 0.0207. The fourth-order valence-corrected chi connectivity index (χ4v) is 11.9. The number of benzene rings is 2. The molecule has 2 saturated heterocycles. The number of hydrogen-bond donors (Lipinski definition) is 2. The Kier molecular flexibility index (Phi) is 10.1. The number of sulfonamides is 1. The van der Waals surface area contributed by atoms with Gasteiger partial charge >= 0.3 is 0 Å². The maximum absolute atomic E-state index is 13.6. The molecule has 2 aliphatic carbocycles. The summed E-state index contributed by atoms with van der Waals surface area (Å²) in [5, 5.41) is 3.72. The molecule has 6 aliphatic rings. The van der Waals surface area contributed by atoms with E-state index in [-0.39, 0.29) is 11.3 Å². The van der Waals surface area contributed by atoms with Crippen molar-refractivity contribution >= 4 is 33.2 Å². The predicted octanol–water partition coefficient (Wildman–Crippen LogP) is 5.31. The average Bonchev–Trinajstić information content (AvgIpc) is 3.25. The van der Waals surface area contributed by atoms with Crippen LogP contribution in [0.4, 0.5) is 5.69 Å². The molecule has 278 valence electrons. The molecule has 0 aromatic heterocycles. The number of fused-ring (bicyclic) bond motifs is 5. The van der Waals surface area contributed by atoms with Gasteiger partial charge in [0, 0.05) is 80.9 Å². The summed E-state index contributed by atoms with van der Waals surface area (Å²) < 4.78 is 36.3. The van der Waals surface area contributed by atoms with E-state index in [0.717, 1.165) is 114 Å². The Hall–Kier alpha value is -2.37. The van der Waals surface area contributed by atoms with Gasteiger partial charge in [0.25, 0.3) is 5.91 Å². The van der Waals surface area contributed by atoms with E-state index in [1.807, 2.05) is 25.1 Å². The van der Waals surface area contributed by atoms with Gasteiger partial charge < -0.3 is 19.9 Å². The third-order valence-corrected chi connectivity index (χ3v) is 15.9. The molecule has 2 aromatic rings. The van der Waals surface area contributed by atoms with Crippen LogP contribution >= 0.6 is 11.6 Å². The predicted molar refractivity (Wildman–Crippen MR) is 203 cm³/mol. The number of nitrogens with one attached hydrogen (secondary N) is 2. The van der Waals surface area contributed by atoms with Gasteiger partial charge in [0.15, 0.2) is 0 Å². The lowest BCUT2D eigenvalue weighted by Crippen LogP contribution is -2.61. The second-order valence-corrected chi connectivity index (χ2v) is 19.3. The second-order valence-electron chi connectivity index (χ2n) is 16.8. The molecular formula is C40H56ClN5O4S. The van der Waals surface area contributed by atoms with Gasteiger partial charge in [-0.2, -0.15) is 0 Å². The first kappa shape index (κ1) is 35.6. The maximum atomic E-state index is 13.6. The zero-order valence-electron chi connectivity index (χ0n) is 30.4. The van der Waals surface area contributed by atoms with Crippen LogP contribution in [0.1, 0.15) is 80.3 Å². The lowest BCUT2D eigenvalue weighted by Gasteiger charge is -2.49. The van der Waals surface area contributed by atoms with Crippen LogP contribution in [0.5, 0.6) is 5.75 Å². The summed E-state index contributed by atoms with van der Waals surface area (Å²) in [6.07, 6.45) is 8.49. The van der Waals surface area contributed by atoms with Gasteiger partial charge in [-0.1, -0.05) is 31.0 Å².